The van der Waals surface area contributed by atoms with Crippen LogP contribution in [0.3, 0.4) is 0 Å². The first-order valence-corrected chi connectivity index (χ1v) is 6.76. The summed E-state index contributed by atoms with van der Waals surface area (Å²) < 4.78 is 5.44. The standard InChI is InChI=1S/C15H19N3O/c16-18-15(12-5-8-19-9-6-12)13-3-1-2-11-4-7-17-10-14(11)13/h1-4,7,10,12,15,18H,5-6,8-9,16H2. The van der Waals surface area contributed by atoms with Gasteiger partial charge in [-0.1, -0.05) is 18.2 Å². The fraction of sp³-hybridized carbons (Fsp3) is 0.400. The average molecular weight is 257 g/mol. The predicted octanol–water partition coefficient (Wildman–Crippen LogP) is 2.17. The van der Waals surface area contributed by atoms with Gasteiger partial charge in [0, 0.05) is 37.0 Å². The van der Waals surface area contributed by atoms with Crippen molar-refractivity contribution >= 4 is 10.8 Å². The van der Waals surface area contributed by atoms with Gasteiger partial charge in [-0.05, 0) is 35.8 Å². The number of ether oxygens (including phenoxy) is 1. The maximum atomic E-state index is 5.82. The second kappa shape index (κ2) is 5.65. The van der Waals surface area contributed by atoms with Crippen LogP contribution in [0.15, 0.2) is 36.7 Å². The van der Waals surface area contributed by atoms with Crippen molar-refractivity contribution in [1.29, 1.82) is 0 Å². The van der Waals surface area contributed by atoms with Gasteiger partial charge < -0.3 is 4.74 Å². The van der Waals surface area contributed by atoms with Gasteiger partial charge in [0.15, 0.2) is 0 Å². The van der Waals surface area contributed by atoms with Crippen LogP contribution in [0.5, 0.6) is 0 Å². The topological polar surface area (TPSA) is 60.2 Å². The Labute approximate surface area is 112 Å². The van der Waals surface area contributed by atoms with Gasteiger partial charge >= 0.3 is 0 Å². The van der Waals surface area contributed by atoms with Gasteiger partial charge in [0.25, 0.3) is 0 Å². The fourth-order valence-electron chi connectivity index (χ4n) is 2.94. The maximum absolute atomic E-state index is 5.82. The number of nitrogens with zero attached hydrogens (tertiary/aromatic N) is 1. The number of aromatic nitrogens is 1. The highest BCUT2D eigenvalue weighted by Crippen LogP contribution is 2.33. The molecule has 4 nitrogen and oxygen atoms in total. The molecule has 19 heavy (non-hydrogen) atoms. The number of pyridine rings is 1. The first-order valence-electron chi connectivity index (χ1n) is 6.76. The number of fused-ring (bicyclic) bond motifs is 1. The molecule has 100 valence electrons. The number of hydrazine groups is 1. The summed E-state index contributed by atoms with van der Waals surface area (Å²) in [5.74, 6) is 6.33. The van der Waals surface area contributed by atoms with Gasteiger partial charge in [0.1, 0.15) is 0 Å². The summed E-state index contributed by atoms with van der Waals surface area (Å²) in [7, 11) is 0. The lowest BCUT2D eigenvalue weighted by molar-refractivity contribution is 0.0538. The lowest BCUT2D eigenvalue weighted by Crippen LogP contribution is -2.36. The zero-order chi connectivity index (χ0) is 13.1. The van der Waals surface area contributed by atoms with Crippen LogP contribution in [0, 0.1) is 5.92 Å². The van der Waals surface area contributed by atoms with Crippen LogP contribution in [0.25, 0.3) is 10.8 Å². The van der Waals surface area contributed by atoms with Crippen LogP contribution in [0.2, 0.25) is 0 Å². The Kier molecular flexibility index (Phi) is 3.73. The molecule has 0 bridgehead atoms. The van der Waals surface area contributed by atoms with Gasteiger partial charge in [-0.15, -0.1) is 0 Å². The molecule has 2 heterocycles. The summed E-state index contributed by atoms with van der Waals surface area (Å²) in [5, 5.41) is 2.39. The van der Waals surface area contributed by atoms with Crippen molar-refractivity contribution < 1.29 is 4.74 Å². The quantitative estimate of drug-likeness (QED) is 0.653. The Morgan fingerprint density at radius 1 is 1.26 bits per heavy atom. The van der Waals surface area contributed by atoms with Crippen LogP contribution in [0.1, 0.15) is 24.4 Å². The first kappa shape index (κ1) is 12.5. The Morgan fingerprint density at radius 2 is 2.11 bits per heavy atom. The molecule has 1 aliphatic rings. The third-order valence-corrected chi connectivity index (χ3v) is 3.97. The molecule has 0 aliphatic carbocycles. The Balaban J connectivity index is 2.00. The summed E-state index contributed by atoms with van der Waals surface area (Å²) in [6, 6.07) is 8.54. The van der Waals surface area contributed by atoms with Crippen molar-refractivity contribution in [3.05, 3.63) is 42.2 Å². The molecule has 4 heteroatoms. The minimum absolute atomic E-state index is 0.164. The lowest BCUT2D eigenvalue weighted by atomic mass is 9.86. The highest BCUT2D eigenvalue weighted by molar-refractivity contribution is 5.85. The van der Waals surface area contributed by atoms with E-state index < -0.39 is 0 Å². The highest BCUT2D eigenvalue weighted by atomic mass is 16.5. The largest absolute Gasteiger partial charge is 0.381 e. The van der Waals surface area contributed by atoms with E-state index in [1.165, 1.54) is 16.3 Å². The van der Waals surface area contributed by atoms with Crippen molar-refractivity contribution in [2.24, 2.45) is 11.8 Å². The Bertz CT molecular complexity index is 547. The minimum Gasteiger partial charge on any atom is -0.381 e. The van der Waals surface area contributed by atoms with Crippen molar-refractivity contribution in [1.82, 2.24) is 10.4 Å². The molecular formula is C15H19N3O. The SMILES string of the molecule is NNC(c1cccc2ccncc12)C1CCOCC1. The molecule has 3 N–H and O–H groups in total. The monoisotopic (exact) mass is 257 g/mol. The number of nitrogens with one attached hydrogen (secondary N) is 1. The molecule has 2 aromatic rings. The summed E-state index contributed by atoms with van der Waals surface area (Å²) in [5.41, 5.74) is 4.23. The van der Waals surface area contributed by atoms with Gasteiger partial charge in [-0.3, -0.25) is 16.3 Å². The number of rotatable bonds is 3. The van der Waals surface area contributed by atoms with E-state index in [0.29, 0.717) is 5.92 Å². The van der Waals surface area contributed by atoms with E-state index in [2.05, 4.69) is 28.6 Å². The van der Waals surface area contributed by atoms with E-state index in [9.17, 15) is 0 Å². The zero-order valence-corrected chi connectivity index (χ0v) is 10.9. The summed E-state index contributed by atoms with van der Waals surface area (Å²) >= 11 is 0. The van der Waals surface area contributed by atoms with Crippen LogP contribution in [-0.4, -0.2) is 18.2 Å². The van der Waals surface area contributed by atoms with E-state index in [-0.39, 0.29) is 6.04 Å². The maximum Gasteiger partial charge on any atom is 0.0496 e. The molecule has 0 amide bonds. The number of nitrogens with two attached hydrogens (primary N) is 1. The van der Waals surface area contributed by atoms with Crippen molar-refractivity contribution in [3.63, 3.8) is 0 Å². The molecule has 1 fully saturated rings. The summed E-state index contributed by atoms with van der Waals surface area (Å²) in [4.78, 5) is 4.24. The number of benzene rings is 1. The average Bonchev–Trinajstić information content (AvgIpc) is 2.49. The Morgan fingerprint density at radius 3 is 2.89 bits per heavy atom. The van der Waals surface area contributed by atoms with E-state index in [1.54, 1.807) is 0 Å². The zero-order valence-electron chi connectivity index (χ0n) is 10.9. The second-order valence-electron chi connectivity index (χ2n) is 5.04. The molecule has 1 aromatic carbocycles. The molecule has 1 saturated heterocycles. The normalized spacial score (nSPS) is 18.6. The molecule has 0 radical (unpaired) electrons. The van der Waals surface area contributed by atoms with Crippen molar-refractivity contribution in [2.45, 2.75) is 18.9 Å². The number of hydrogen-bond donors (Lipinski definition) is 2. The lowest BCUT2D eigenvalue weighted by Gasteiger charge is -2.30. The van der Waals surface area contributed by atoms with Crippen molar-refractivity contribution in [3.8, 4) is 0 Å². The third kappa shape index (κ3) is 2.47. The predicted molar refractivity (Wildman–Crippen MR) is 75.4 cm³/mol. The third-order valence-electron chi connectivity index (χ3n) is 3.97. The molecule has 3 rings (SSSR count). The summed E-state index contributed by atoms with van der Waals surface area (Å²) in [6.45, 7) is 1.65. The van der Waals surface area contributed by atoms with E-state index in [4.69, 9.17) is 10.6 Å². The molecule has 1 unspecified atom stereocenters. The second-order valence-corrected chi connectivity index (χ2v) is 5.04. The van der Waals surface area contributed by atoms with Crippen LogP contribution in [0.4, 0.5) is 0 Å². The van der Waals surface area contributed by atoms with Gasteiger partial charge in [0.05, 0.1) is 0 Å². The Hall–Kier alpha value is -1.49. The molecule has 1 aromatic heterocycles. The van der Waals surface area contributed by atoms with Crippen LogP contribution < -0.4 is 11.3 Å². The van der Waals surface area contributed by atoms with E-state index in [0.717, 1.165) is 26.1 Å². The molecule has 0 spiro atoms. The molecule has 0 saturated carbocycles. The molecular weight excluding hydrogens is 238 g/mol. The first-order chi connectivity index (χ1) is 9.40. The van der Waals surface area contributed by atoms with E-state index in [1.807, 2.05) is 18.5 Å². The van der Waals surface area contributed by atoms with Gasteiger partial charge in [0.2, 0.25) is 0 Å². The van der Waals surface area contributed by atoms with Gasteiger partial charge in [-0.2, -0.15) is 0 Å². The number of hydrogen-bond acceptors (Lipinski definition) is 4. The highest BCUT2D eigenvalue weighted by Gasteiger charge is 2.25. The van der Waals surface area contributed by atoms with Crippen LogP contribution in [-0.2, 0) is 4.74 Å². The smallest absolute Gasteiger partial charge is 0.0496 e. The van der Waals surface area contributed by atoms with E-state index >= 15 is 0 Å². The minimum atomic E-state index is 0.164. The molecule has 1 aliphatic heterocycles. The van der Waals surface area contributed by atoms with Crippen LogP contribution >= 0.6 is 0 Å². The van der Waals surface area contributed by atoms with Gasteiger partial charge in [-0.25, -0.2) is 0 Å². The van der Waals surface area contributed by atoms with Crippen molar-refractivity contribution in [2.75, 3.05) is 13.2 Å². The fourth-order valence-corrected chi connectivity index (χ4v) is 2.94. The summed E-state index contributed by atoms with van der Waals surface area (Å²) in [6.07, 6.45) is 5.84. The molecule has 1 atom stereocenters.